The number of nitrogens with zero attached hydrogens (tertiary/aromatic N) is 4. The number of benzene rings is 1. The SMILES string of the molecule is CC[C@H](C)[C@@H]([C@@H](CC)OC)N(C)C(=O)[C@@H](NC(=O)[C@H](C(C)C)N(C)C(=O)OCc1ccc(NC(=O)[C@H](CCCNC(N)=O)NC(=O)[C@@H](N=C(N)CCCCCN2C(=O)C=CC2=O)C(C)C)cc1)C(C)C. The fourth-order valence-electron chi connectivity index (χ4n) is 8.31. The Kier molecular flexibility index (Phi) is 25.6. The summed E-state index contributed by atoms with van der Waals surface area (Å²) in [7, 11) is 4.86. The van der Waals surface area contributed by atoms with Crippen molar-refractivity contribution in [1.29, 1.82) is 0 Å². The topological polar surface area (TPSA) is 277 Å². The van der Waals surface area contributed by atoms with Gasteiger partial charge in [-0.05, 0) is 73.5 Å². The minimum atomic E-state index is -1.03. The Morgan fingerprint density at radius 3 is 1.91 bits per heavy atom. The molecule has 1 heterocycles. The van der Waals surface area contributed by atoms with Gasteiger partial charge in [0.25, 0.3) is 11.8 Å². The number of hydrogen-bond acceptors (Lipinski definition) is 11. The number of anilines is 1. The van der Waals surface area contributed by atoms with E-state index < -0.39 is 54.0 Å². The lowest BCUT2D eigenvalue weighted by Gasteiger charge is -2.40. The molecule has 0 saturated heterocycles. The molecule has 2 rings (SSSR count). The van der Waals surface area contributed by atoms with Gasteiger partial charge in [-0.2, -0.15) is 0 Å². The predicted octanol–water partition coefficient (Wildman–Crippen LogP) is 4.46. The largest absolute Gasteiger partial charge is 0.445 e. The first-order valence-electron chi connectivity index (χ1n) is 24.6. The third-order valence-corrected chi connectivity index (χ3v) is 12.5. The molecule has 0 bridgehead atoms. The molecular weight excluding hydrogens is 901 g/mol. The number of likely N-dealkylation sites (N-methyl/N-ethyl adjacent to an activating group) is 2. The summed E-state index contributed by atoms with van der Waals surface area (Å²) in [6, 6.07) is 1.85. The number of nitrogens with two attached hydrogens (primary N) is 2. The Labute approximate surface area is 414 Å². The van der Waals surface area contributed by atoms with Gasteiger partial charge in [-0.25, -0.2) is 9.59 Å². The number of nitrogens with one attached hydrogen (secondary N) is 4. The van der Waals surface area contributed by atoms with Gasteiger partial charge in [-0.1, -0.05) is 87.3 Å². The maximum Gasteiger partial charge on any atom is 0.410 e. The molecule has 1 aliphatic rings. The van der Waals surface area contributed by atoms with Crippen LogP contribution in [0.5, 0.6) is 0 Å². The minimum Gasteiger partial charge on any atom is -0.445 e. The molecule has 9 amide bonds. The van der Waals surface area contributed by atoms with Crippen LogP contribution in [0.3, 0.4) is 0 Å². The van der Waals surface area contributed by atoms with Crippen LogP contribution in [0.2, 0.25) is 0 Å². The number of primary amides is 1. The van der Waals surface area contributed by atoms with E-state index in [0.29, 0.717) is 56.3 Å². The Bertz CT molecular complexity index is 1950. The highest BCUT2D eigenvalue weighted by molar-refractivity contribution is 6.12. The van der Waals surface area contributed by atoms with Crippen molar-refractivity contribution in [2.75, 3.05) is 39.6 Å². The molecule has 7 atom stereocenters. The standard InChI is InChI=1S/C50H82N10O10/c1-13-33(9)44(37(14-2)69-12)58(10)48(66)42(31(5)6)57-47(65)43(32(7)8)59(11)50(68)70-29-34-21-23-35(24-22-34)54-45(63)36(19-18-27-53-49(52)67)55-46(64)41(30(3)4)56-38(51)20-16-15-17-28-60-39(61)25-26-40(60)62/h21-26,30-33,36-37,41-44H,13-20,27-29H2,1-12H3,(H2,51,56)(H,54,63)(H,55,64)(H,57,65)(H3,52,53,67)/t33-,36-,37+,41-,42-,43-,44-/m0/s1. The third-order valence-electron chi connectivity index (χ3n) is 12.5. The third kappa shape index (κ3) is 18.7. The summed E-state index contributed by atoms with van der Waals surface area (Å²) >= 11 is 0. The van der Waals surface area contributed by atoms with Crippen LogP contribution in [0.4, 0.5) is 15.3 Å². The first-order chi connectivity index (χ1) is 33.0. The van der Waals surface area contributed by atoms with Crippen LogP contribution in [0.25, 0.3) is 0 Å². The van der Waals surface area contributed by atoms with Crippen molar-refractivity contribution in [1.82, 2.24) is 30.7 Å². The van der Waals surface area contributed by atoms with Gasteiger partial charge in [-0.3, -0.25) is 43.6 Å². The van der Waals surface area contributed by atoms with Crippen LogP contribution in [0.1, 0.15) is 119 Å². The van der Waals surface area contributed by atoms with E-state index in [1.54, 1.807) is 57.2 Å². The summed E-state index contributed by atoms with van der Waals surface area (Å²) in [6.07, 6.45) is 5.82. The van der Waals surface area contributed by atoms with Crippen LogP contribution in [0, 0.1) is 23.7 Å². The molecule has 0 unspecified atom stereocenters. The average Bonchev–Trinajstić information content (AvgIpc) is 3.63. The number of aliphatic imine (C=N–C) groups is 1. The lowest BCUT2D eigenvalue weighted by Crippen LogP contribution is -2.60. The summed E-state index contributed by atoms with van der Waals surface area (Å²) in [4.78, 5) is 112. The number of amides is 9. The van der Waals surface area contributed by atoms with E-state index in [4.69, 9.17) is 20.9 Å². The van der Waals surface area contributed by atoms with Gasteiger partial charge in [0.15, 0.2) is 0 Å². The van der Waals surface area contributed by atoms with Crippen LogP contribution >= 0.6 is 0 Å². The molecule has 0 saturated carbocycles. The predicted molar refractivity (Wildman–Crippen MR) is 269 cm³/mol. The molecule has 1 aromatic carbocycles. The second kappa shape index (κ2) is 29.9. The number of urea groups is 1. The number of imide groups is 1. The zero-order valence-electron chi connectivity index (χ0n) is 43.5. The van der Waals surface area contributed by atoms with E-state index >= 15 is 0 Å². The maximum absolute atomic E-state index is 14.0. The van der Waals surface area contributed by atoms with Crippen molar-refractivity contribution in [2.45, 2.75) is 157 Å². The van der Waals surface area contributed by atoms with Crippen LogP contribution in [-0.4, -0.2) is 139 Å². The monoisotopic (exact) mass is 983 g/mol. The lowest BCUT2D eigenvalue weighted by atomic mass is 9.90. The van der Waals surface area contributed by atoms with Gasteiger partial charge < -0.3 is 47.1 Å². The van der Waals surface area contributed by atoms with Gasteiger partial charge in [0.2, 0.25) is 23.6 Å². The molecule has 1 aliphatic heterocycles. The molecule has 0 aliphatic carbocycles. The molecule has 0 fully saturated rings. The quantitative estimate of drug-likeness (QED) is 0.0271. The Morgan fingerprint density at radius 1 is 0.757 bits per heavy atom. The fraction of sp³-hybridized carbons (Fsp3) is 0.660. The molecule has 20 heteroatoms. The highest BCUT2D eigenvalue weighted by atomic mass is 16.6. The number of methoxy groups -OCH3 is 1. The van der Waals surface area contributed by atoms with Gasteiger partial charge in [0, 0.05) is 58.6 Å². The highest BCUT2D eigenvalue weighted by Crippen LogP contribution is 2.24. The molecule has 70 heavy (non-hydrogen) atoms. The van der Waals surface area contributed by atoms with Gasteiger partial charge in [0.1, 0.15) is 30.8 Å². The zero-order valence-corrected chi connectivity index (χ0v) is 43.5. The second-order valence-electron chi connectivity index (χ2n) is 19.1. The summed E-state index contributed by atoms with van der Waals surface area (Å²) in [5.41, 5.74) is 12.4. The van der Waals surface area contributed by atoms with Gasteiger partial charge in [0.05, 0.1) is 18.0 Å². The number of amidine groups is 1. The number of ether oxygens (including phenoxy) is 2. The van der Waals surface area contributed by atoms with E-state index in [1.165, 1.54) is 29.0 Å². The van der Waals surface area contributed by atoms with Crippen molar-refractivity contribution in [2.24, 2.45) is 40.1 Å². The first kappa shape index (κ1) is 60.1. The summed E-state index contributed by atoms with van der Waals surface area (Å²) in [5.74, 6) is -2.91. The van der Waals surface area contributed by atoms with Gasteiger partial charge in [-0.15, -0.1) is 0 Å². The molecule has 8 N–H and O–H groups in total. The number of carbonyl (C=O) groups excluding carboxylic acids is 8. The van der Waals surface area contributed by atoms with Crippen molar-refractivity contribution in [3.63, 3.8) is 0 Å². The minimum absolute atomic E-state index is 0.141. The number of rotatable bonds is 30. The van der Waals surface area contributed by atoms with E-state index in [2.05, 4.69) is 40.1 Å². The molecule has 0 spiro atoms. The Balaban J connectivity index is 2.11. The van der Waals surface area contributed by atoms with Crippen LogP contribution < -0.4 is 32.7 Å². The number of hydrogen-bond donors (Lipinski definition) is 6. The van der Waals surface area contributed by atoms with E-state index in [0.717, 1.165) is 6.42 Å². The molecule has 392 valence electrons. The number of carbonyl (C=O) groups is 8. The molecule has 1 aromatic rings. The van der Waals surface area contributed by atoms with Gasteiger partial charge >= 0.3 is 12.1 Å². The Morgan fingerprint density at radius 2 is 1.39 bits per heavy atom. The summed E-state index contributed by atoms with van der Waals surface area (Å²) in [5, 5.41) is 11.0. The van der Waals surface area contributed by atoms with Crippen molar-refractivity contribution < 1.29 is 47.8 Å². The average molecular weight is 983 g/mol. The molecule has 0 radical (unpaired) electrons. The maximum atomic E-state index is 14.0. The van der Waals surface area contributed by atoms with E-state index in [-0.39, 0.29) is 78.9 Å². The first-order valence-corrected chi connectivity index (χ1v) is 24.6. The highest BCUT2D eigenvalue weighted by Gasteiger charge is 2.39. The second-order valence-corrected chi connectivity index (χ2v) is 19.1. The fourth-order valence-corrected chi connectivity index (χ4v) is 8.31. The molecule has 0 aromatic heterocycles. The number of unbranched alkanes of at least 4 members (excludes halogenated alkanes) is 2. The Hall–Kier alpha value is -6.05. The van der Waals surface area contributed by atoms with Crippen LogP contribution in [0.15, 0.2) is 41.4 Å². The smallest absolute Gasteiger partial charge is 0.410 e. The lowest BCUT2D eigenvalue weighted by molar-refractivity contribution is -0.143. The van der Waals surface area contributed by atoms with Crippen LogP contribution in [-0.2, 0) is 44.8 Å². The summed E-state index contributed by atoms with van der Waals surface area (Å²) in [6.45, 7) is 17.4. The zero-order chi connectivity index (χ0) is 52.8. The molecule has 20 nitrogen and oxygen atoms in total. The van der Waals surface area contributed by atoms with E-state index in [1.807, 2.05) is 34.6 Å². The normalized spacial score (nSPS) is 15.8. The van der Waals surface area contributed by atoms with E-state index in [9.17, 15) is 38.4 Å². The van der Waals surface area contributed by atoms with Crippen molar-refractivity contribution >= 4 is 59.1 Å². The van der Waals surface area contributed by atoms with Crippen molar-refractivity contribution in [3.05, 3.63) is 42.0 Å². The van der Waals surface area contributed by atoms with Crippen molar-refractivity contribution in [3.8, 4) is 0 Å². The molecular formula is C50H82N10O10. The summed E-state index contributed by atoms with van der Waals surface area (Å²) < 4.78 is 11.4.